The third-order valence-corrected chi connectivity index (χ3v) is 7.57. The van der Waals surface area contributed by atoms with Crippen LogP contribution in [0.25, 0.3) is 6.08 Å². The van der Waals surface area contributed by atoms with E-state index in [0.717, 1.165) is 22.6 Å². The number of likely N-dealkylation sites (N-methyl/N-ethyl adjacent to an activating group) is 1. The molecular weight excluding hydrogens is 526 g/mol. The molecule has 2 saturated heterocycles. The zero-order chi connectivity index (χ0) is 27.9. The van der Waals surface area contributed by atoms with Gasteiger partial charge in [0.05, 0.1) is 30.9 Å². The molecule has 0 bridgehead atoms. The van der Waals surface area contributed by atoms with Gasteiger partial charge in [0.25, 0.3) is 11.8 Å². The zero-order valence-electron chi connectivity index (χ0n) is 22.5. The number of hydrogen-bond acceptors (Lipinski definition) is 7. The van der Waals surface area contributed by atoms with Gasteiger partial charge in [0.15, 0.2) is 5.17 Å². The van der Waals surface area contributed by atoms with Crippen LogP contribution in [0.4, 0.5) is 5.69 Å². The Morgan fingerprint density at radius 1 is 1.02 bits per heavy atom. The monoisotopic (exact) mass is 557 g/mol. The fourth-order valence-electron chi connectivity index (χ4n) is 4.34. The molecule has 8 nitrogen and oxygen atoms in total. The van der Waals surface area contributed by atoms with Gasteiger partial charge in [0, 0.05) is 25.2 Å². The van der Waals surface area contributed by atoms with Gasteiger partial charge < -0.3 is 19.1 Å². The molecule has 0 aliphatic carbocycles. The Labute approximate surface area is 238 Å². The lowest BCUT2D eigenvalue weighted by atomic mass is 10.1. The summed E-state index contributed by atoms with van der Waals surface area (Å²) in [6.07, 6.45) is 1.86. The minimum absolute atomic E-state index is 0.0372. The molecule has 0 atom stereocenters. The third-order valence-electron chi connectivity index (χ3n) is 6.56. The average molecular weight is 558 g/mol. The van der Waals surface area contributed by atoms with Gasteiger partial charge in [-0.1, -0.05) is 30.3 Å². The second-order valence-corrected chi connectivity index (χ2v) is 10.2. The molecule has 5 rings (SSSR count). The number of hydrogen-bond donors (Lipinski definition) is 0. The summed E-state index contributed by atoms with van der Waals surface area (Å²) in [6, 6.07) is 22.6. The molecule has 2 amide bonds. The van der Waals surface area contributed by atoms with Crippen LogP contribution in [0.3, 0.4) is 0 Å². The summed E-state index contributed by atoms with van der Waals surface area (Å²) in [4.78, 5) is 34.8. The molecule has 3 aromatic rings. The third kappa shape index (κ3) is 6.55. The molecule has 2 heterocycles. The van der Waals surface area contributed by atoms with E-state index in [0.29, 0.717) is 60.8 Å². The summed E-state index contributed by atoms with van der Waals surface area (Å²) >= 11 is 1.33. The second kappa shape index (κ2) is 12.8. The Bertz CT molecular complexity index is 1410. The Morgan fingerprint density at radius 3 is 2.45 bits per heavy atom. The van der Waals surface area contributed by atoms with Gasteiger partial charge in [-0.2, -0.15) is 0 Å². The van der Waals surface area contributed by atoms with E-state index in [2.05, 4.69) is 0 Å². The fourth-order valence-corrected chi connectivity index (χ4v) is 5.40. The second-order valence-electron chi connectivity index (χ2n) is 9.22. The standard InChI is InChI=1S/C31H31N3O5S/c1-3-34-30(36)28(19-22-7-13-27(14-8-22)39-21-23-9-11-26(37-2)12-10-23)40-31(34)32-25-6-4-5-24(20-25)29(35)33-15-17-38-18-16-33/h4-14,19-20H,3,15-18,21H2,1-2H3/b28-19+,32-31?. The van der Waals surface area contributed by atoms with E-state index in [-0.39, 0.29) is 11.8 Å². The number of thioether (sulfide) groups is 1. The lowest BCUT2D eigenvalue weighted by Gasteiger charge is -2.26. The molecule has 0 N–H and O–H groups in total. The average Bonchev–Trinajstić information content (AvgIpc) is 3.30. The van der Waals surface area contributed by atoms with Crippen LogP contribution in [0.2, 0.25) is 0 Å². The number of ether oxygens (including phenoxy) is 3. The molecule has 2 fully saturated rings. The Morgan fingerprint density at radius 2 is 1.75 bits per heavy atom. The molecular formula is C31H31N3O5S. The maximum absolute atomic E-state index is 13.1. The van der Waals surface area contributed by atoms with Crippen molar-refractivity contribution in [2.45, 2.75) is 13.5 Å². The first-order chi connectivity index (χ1) is 19.5. The summed E-state index contributed by atoms with van der Waals surface area (Å²) < 4.78 is 16.4. The van der Waals surface area contributed by atoms with Gasteiger partial charge in [-0.25, -0.2) is 4.99 Å². The smallest absolute Gasteiger partial charge is 0.266 e. The molecule has 9 heteroatoms. The van der Waals surface area contributed by atoms with Crippen molar-refractivity contribution in [1.29, 1.82) is 0 Å². The van der Waals surface area contributed by atoms with E-state index in [4.69, 9.17) is 19.2 Å². The number of nitrogens with zero attached hydrogens (tertiary/aromatic N) is 3. The number of carbonyl (C=O) groups is 2. The number of carbonyl (C=O) groups excluding carboxylic acids is 2. The quantitative estimate of drug-likeness (QED) is 0.347. The zero-order valence-corrected chi connectivity index (χ0v) is 23.4. The molecule has 3 aromatic carbocycles. The number of amides is 2. The molecule has 40 heavy (non-hydrogen) atoms. The van der Waals surface area contributed by atoms with Gasteiger partial charge in [0.1, 0.15) is 18.1 Å². The van der Waals surface area contributed by atoms with Crippen molar-refractivity contribution in [3.05, 3.63) is 94.4 Å². The summed E-state index contributed by atoms with van der Waals surface area (Å²) in [7, 11) is 1.64. The van der Waals surface area contributed by atoms with Crippen LogP contribution >= 0.6 is 11.8 Å². The van der Waals surface area contributed by atoms with Crippen LogP contribution in [-0.4, -0.2) is 66.7 Å². The first-order valence-electron chi connectivity index (χ1n) is 13.2. The molecule has 0 spiro atoms. The van der Waals surface area contributed by atoms with E-state index in [1.54, 1.807) is 29.0 Å². The number of rotatable bonds is 8. The Hall–Kier alpha value is -4.08. The number of methoxy groups -OCH3 is 1. The predicted molar refractivity (Wildman–Crippen MR) is 157 cm³/mol. The largest absolute Gasteiger partial charge is 0.497 e. The van der Waals surface area contributed by atoms with Gasteiger partial charge in [-0.3, -0.25) is 14.5 Å². The topological polar surface area (TPSA) is 80.7 Å². The van der Waals surface area contributed by atoms with Crippen molar-refractivity contribution in [3.63, 3.8) is 0 Å². The highest BCUT2D eigenvalue weighted by molar-refractivity contribution is 8.18. The van der Waals surface area contributed by atoms with Crippen molar-refractivity contribution < 1.29 is 23.8 Å². The first-order valence-corrected chi connectivity index (χ1v) is 14.0. The normalized spacial score (nSPS) is 17.5. The van der Waals surface area contributed by atoms with Crippen molar-refractivity contribution in [1.82, 2.24) is 9.80 Å². The molecule has 206 valence electrons. The maximum atomic E-state index is 13.1. The number of benzene rings is 3. The lowest BCUT2D eigenvalue weighted by Crippen LogP contribution is -2.40. The molecule has 0 saturated carbocycles. The van der Waals surface area contributed by atoms with Crippen LogP contribution in [0.5, 0.6) is 11.5 Å². The van der Waals surface area contributed by atoms with Crippen molar-refractivity contribution in [2.75, 3.05) is 40.0 Å². The SMILES string of the molecule is CCN1C(=O)/C(=C\c2ccc(OCc3ccc(OC)cc3)cc2)SC1=Nc1cccc(C(=O)N2CCOCC2)c1. The predicted octanol–water partition coefficient (Wildman–Crippen LogP) is 5.37. The molecule has 2 aliphatic rings. The summed E-state index contributed by atoms with van der Waals surface area (Å²) in [5, 5.41) is 0.592. The highest BCUT2D eigenvalue weighted by Gasteiger charge is 2.32. The summed E-state index contributed by atoms with van der Waals surface area (Å²) in [6.45, 7) is 5.12. The van der Waals surface area contributed by atoms with Gasteiger partial charge in [-0.05, 0) is 78.4 Å². The fraction of sp³-hybridized carbons (Fsp3) is 0.258. The molecule has 0 radical (unpaired) electrons. The summed E-state index contributed by atoms with van der Waals surface area (Å²) in [5.41, 5.74) is 3.14. The Kier molecular flexibility index (Phi) is 8.83. The van der Waals surface area contributed by atoms with Crippen LogP contribution < -0.4 is 9.47 Å². The Balaban J connectivity index is 1.26. The van der Waals surface area contributed by atoms with Crippen molar-refractivity contribution in [3.8, 4) is 11.5 Å². The minimum atomic E-state index is -0.0911. The van der Waals surface area contributed by atoms with Crippen LogP contribution in [0, 0.1) is 0 Å². The number of morpholine rings is 1. The lowest BCUT2D eigenvalue weighted by molar-refractivity contribution is -0.122. The molecule has 2 aliphatic heterocycles. The highest BCUT2D eigenvalue weighted by atomic mass is 32.2. The molecule has 0 aromatic heterocycles. The van der Waals surface area contributed by atoms with Crippen LogP contribution in [-0.2, 0) is 16.1 Å². The van der Waals surface area contributed by atoms with Gasteiger partial charge in [-0.15, -0.1) is 0 Å². The van der Waals surface area contributed by atoms with Gasteiger partial charge >= 0.3 is 0 Å². The number of aliphatic imine (C=N–C) groups is 1. The van der Waals surface area contributed by atoms with Gasteiger partial charge in [0.2, 0.25) is 0 Å². The van der Waals surface area contributed by atoms with Crippen LogP contribution in [0.1, 0.15) is 28.4 Å². The maximum Gasteiger partial charge on any atom is 0.266 e. The van der Waals surface area contributed by atoms with E-state index >= 15 is 0 Å². The highest BCUT2D eigenvalue weighted by Crippen LogP contribution is 2.34. The van der Waals surface area contributed by atoms with Crippen molar-refractivity contribution >= 4 is 40.5 Å². The van der Waals surface area contributed by atoms with E-state index in [1.165, 1.54) is 11.8 Å². The molecule has 0 unspecified atom stereocenters. The van der Waals surface area contributed by atoms with E-state index < -0.39 is 0 Å². The van der Waals surface area contributed by atoms with E-state index in [1.807, 2.05) is 73.7 Å². The minimum Gasteiger partial charge on any atom is -0.497 e. The van der Waals surface area contributed by atoms with Crippen LogP contribution in [0.15, 0.2) is 82.7 Å². The van der Waals surface area contributed by atoms with Crippen molar-refractivity contribution in [2.24, 2.45) is 4.99 Å². The summed E-state index contributed by atoms with van der Waals surface area (Å²) in [5.74, 6) is 1.42. The number of amidine groups is 1. The van der Waals surface area contributed by atoms with E-state index in [9.17, 15) is 9.59 Å². The first kappa shape index (κ1) is 27.5.